The molecule has 1 N–H and O–H groups in total. The van der Waals surface area contributed by atoms with Gasteiger partial charge in [-0.3, -0.25) is 14.3 Å². The molecule has 0 radical (unpaired) electrons. The predicted molar refractivity (Wildman–Crippen MR) is 117 cm³/mol. The van der Waals surface area contributed by atoms with Gasteiger partial charge in [0, 0.05) is 31.1 Å². The van der Waals surface area contributed by atoms with Gasteiger partial charge < -0.3 is 15.1 Å². The minimum Gasteiger partial charge on any atom is -0.387 e. The van der Waals surface area contributed by atoms with Crippen LogP contribution < -0.4 is 5.32 Å². The molecule has 2 aliphatic heterocycles. The highest BCUT2D eigenvalue weighted by atomic mass is 19.4. The van der Waals surface area contributed by atoms with Crippen molar-refractivity contribution in [1.29, 1.82) is 0 Å². The first-order valence-electron chi connectivity index (χ1n) is 11.4. The number of piperidine rings is 1. The highest BCUT2D eigenvalue weighted by Crippen LogP contribution is 2.31. The molecule has 1 aromatic carbocycles. The number of aryl methyl sites for hydroxylation is 1. The highest BCUT2D eigenvalue weighted by molar-refractivity contribution is 5.91. The van der Waals surface area contributed by atoms with Crippen molar-refractivity contribution in [1.82, 2.24) is 20.0 Å². The number of hydrogen-bond acceptors (Lipinski definition) is 5. The molecular weight excluding hydrogens is 489 g/mol. The first-order valence-corrected chi connectivity index (χ1v) is 11.4. The number of carbonyl (C=O) groups is 2. The third-order valence-electron chi connectivity index (χ3n) is 6.29. The zero-order chi connectivity index (χ0) is 26.0. The molecule has 194 valence electrons. The van der Waals surface area contributed by atoms with Crippen molar-refractivity contribution in [3.63, 3.8) is 0 Å². The number of amides is 2. The molecule has 36 heavy (non-hydrogen) atoms. The van der Waals surface area contributed by atoms with Crippen LogP contribution in [0.3, 0.4) is 0 Å². The molecule has 1 unspecified atom stereocenters. The summed E-state index contributed by atoms with van der Waals surface area (Å²) in [6.07, 6.45) is -4.59. The van der Waals surface area contributed by atoms with E-state index in [-0.39, 0.29) is 61.6 Å². The molecule has 8 nitrogen and oxygen atoms in total. The van der Waals surface area contributed by atoms with Crippen LogP contribution in [0, 0.1) is 24.5 Å². The Balaban J connectivity index is 1.22. The van der Waals surface area contributed by atoms with Gasteiger partial charge in [-0.25, -0.2) is 8.78 Å². The summed E-state index contributed by atoms with van der Waals surface area (Å²) >= 11 is 0. The maximum absolute atomic E-state index is 13.9. The summed E-state index contributed by atoms with van der Waals surface area (Å²) < 4.78 is 67.4. The van der Waals surface area contributed by atoms with Crippen molar-refractivity contribution in [2.24, 2.45) is 11.1 Å². The van der Waals surface area contributed by atoms with E-state index in [1.807, 2.05) is 0 Å². The number of rotatable bonds is 6. The summed E-state index contributed by atoms with van der Waals surface area (Å²) in [7, 11) is 0. The first-order chi connectivity index (χ1) is 17.0. The second kappa shape index (κ2) is 10.2. The van der Waals surface area contributed by atoms with Crippen molar-refractivity contribution in [3.8, 4) is 0 Å². The maximum atomic E-state index is 13.9. The zero-order valence-electron chi connectivity index (χ0n) is 19.3. The molecule has 0 spiro atoms. The number of halogens is 5. The van der Waals surface area contributed by atoms with Gasteiger partial charge in [-0.1, -0.05) is 11.2 Å². The normalized spacial score (nSPS) is 18.7. The van der Waals surface area contributed by atoms with Gasteiger partial charge in [0.1, 0.15) is 18.2 Å². The number of hydrogen-bond donors (Lipinski definition) is 1. The van der Waals surface area contributed by atoms with Crippen LogP contribution in [0.5, 0.6) is 0 Å². The number of aromatic nitrogens is 2. The number of benzene rings is 1. The fourth-order valence-corrected chi connectivity index (χ4v) is 4.27. The topological polar surface area (TPSA) is 88.8 Å². The molecule has 1 saturated heterocycles. The van der Waals surface area contributed by atoms with Crippen LogP contribution in [-0.2, 0) is 27.1 Å². The van der Waals surface area contributed by atoms with Crippen molar-refractivity contribution in [2.75, 3.05) is 19.6 Å². The summed E-state index contributed by atoms with van der Waals surface area (Å²) in [5.41, 5.74) is -0.592. The van der Waals surface area contributed by atoms with Gasteiger partial charge in [0.15, 0.2) is 11.8 Å². The molecule has 4 rings (SSSR count). The maximum Gasteiger partial charge on any atom is 0.435 e. The van der Waals surface area contributed by atoms with E-state index in [4.69, 9.17) is 4.84 Å². The van der Waals surface area contributed by atoms with Gasteiger partial charge in [0.2, 0.25) is 11.8 Å². The molecule has 1 aromatic heterocycles. The SMILES string of the molecule is Cc1cc(C(F)(F)F)nn1CC(=O)N1CCC(C(=O)NCC2=NOC(c3c(F)cccc3F)C2)CC1. The van der Waals surface area contributed by atoms with Crippen molar-refractivity contribution in [3.05, 3.63) is 52.9 Å². The van der Waals surface area contributed by atoms with Crippen LogP contribution >= 0.6 is 0 Å². The Morgan fingerprint density at radius 2 is 1.83 bits per heavy atom. The Kier molecular flexibility index (Phi) is 7.27. The molecule has 0 saturated carbocycles. The van der Waals surface area contributed by atoms with Gasteiger partial charge in [0.25, 0.3) is 0 Å². The molecule has 2 aromatic rings. The van der Waals surface area contributed by atoms with Gasteiger partial charge in [-0.15, -0.1) is 0 Å². The van der Waals surface area contributed by atoms with E-state index in [1.54, 1.807) is 0 Å². The Labute approximate surface area is 203 Å². The van der Waals surface area contributed by atoms with E-state index in [0.717, 1.165) is 22.9 Å². The van der Waals surface area contributed by atoms with Crippen molar-refractivity contribution < 1.29 is 36.4 Å². The van der Waals surface area contributed by atoms with Crippen molar-refractivity contribution in [2.45, 2.75) is 45.0 Å². The summed E-state index contributed by atoms with van der Waals surface area (Å²) in [5, 5.41) is 10.0. The van der Waals surface area contributed by atoms with Crippen LogP contribution in [0.25, 0.3) is 0 Å². The summed E-state index contributed by atoms with van der Waals surface area (Å²) in [5.74, 6) is -2.45. The number of alkyl halides is 3. The molecule has 0 bridgehead atoms. The van der Waals surface area contributed by atoms with Gasteiger partial charge in [0.05, 0.1) is 17.8 Å². The van der Waals surface area contributed by atoms with Gasteiger partial charge in [-0.05, 0) is 38.0 Å². The Morgan fingerprint density at radius 3 is 2.44 bits per heavy atom. The Hall–Kier alpha value is -3.51. The third kappa shape index (κ3) is 5.65. The number of carbonyl (C=O) groups excluding carboxylic acids is 2. The molecule has 13 heteroatoms. The van der Waals surface area contributed by atoms with Crippen LogP contribution in [0.2, 0.25) is 0 Å². The number of nitrogens with one attached hydrogen (secondary N) is 1. The van der Waals surface area contributed by atoms with Crippen molar-refractivity contribution >= 4 is 17.5 Å². The summed E-state index contributed by atoms with van der Waals surface area (Å²) in [4.78, 5) is 31.8. The number of likely N-dealkylation sites (tertiary alicyclic amines) is 1. The molecule has 2 amide bonds. The predicted octanol–water partition coefficient (Wildman–Crippen LogP) is 3.36. The van der Waals surface area contributed by atoms with E-state index in [0.29, 0.717) is 18.6 Å². The monoisotopic (exact) mass is 513 g/mol. The van der Waals surface area contributed by atoms with Crippen LogP contribution in [-0.4, -0.2) is 51.8 Å². The lowest BCUT2D eigenvalue weighted by molar-refractivity contribution is -0.142. The molecule has 1 atom stereocenters. The second-order valence-corrected chi connectivity index (χ2v) is 8.79. The zero-order valence-corrected chi connectivity index (χ0v) is 19.3. The summed E-state index contributed by atoms with van der Waals surface area (Å²) in [6.45, 7) is 1.75. The van der Waals surface area contributed by atoms with E-state index in [1.165, 1.54) is 17.9 Å². The molecular formula is C23H24F5N5O3. The smallest absolute Gasteiger partial charge is 0.387 e. The van der Waals surface area contributed by atoms with Crippen LogP contribution in [0.1, 0.15) is 42.3 Å². The van der Waals surface area contributed by atoms with Crippen LogP contribution in [0.15, 0.2) is 29.4 Å². The highest BCUT2D eigenvalue weighted by Gasteiger charge is 2.35. The van der Waals surface area contributed by atoms with Gasteiger partial charge in [-0.2, -0.15) is 18.3 Å². The molecule has 3 heterocycles. The Morgan fingerprint density at radius 1 is 1.17 bits per heavy atom. The number of oxime groups is 1. The first kappa shape index (κ1) is 25.6. The number of nitrogens with zero attached hydrogens (tertiary/aromatic N) is 4. The standard InChI is InChI=1S/C23H24F5N5O3/c1-13-9-19(23(26,27)28)30-33(13)12-20(34)32-7-5-14(6-8-32)22(35)29-11-15-10-18(36-31-15)21-16(24)3-2-4-17(21)25/h2-4,9,14,18H,5-8,10-12H2,1H3,(H,29,35). The average molecular weight is 513 g/mol. The molecule has 0 aliphatic carbocycles. The minimum absolute atomic E-state index is 0.0602. The lowest BCUT2D eigenvalue weighted by atomic mass is 9.95. The minimum atomic E-state index is -4.59. The lowest BCUT2D eigenvalue weighted by Gasteiger charge is -2.31. The van der Waals surface area contributed by atoms with E-state index < -0.39 is 29.6 Å². The molecule has 2 aliphatic rings. The van der Waals surface area contributed by atoms with E-state index in [9.17, 15) is 31.5 Å². The van der Waals surface area contributed by atoms with E-state index in [2.05, 4.69) is 15.6 Å². The summed E-state index contributed by atoms with van der Waals surface area (Å²) in [6, 6.07) is 4.41. The second-order valence-electron chi connectivity index (χ2n) is 8.79. The Bertz CT molecular complexity index is 1150. The largest absolute Gasteiger partial charge is 0.435 e. The fraction of sp³-hybridized carbons (Fsp3) is 0.478. The fourth-order valence-electron chi connectivity index (χ4n) is 4.27. The third-order valence-corrected chi connectivity index (χ3v) is 6.29. The lowest BCUT2D eigenvalue weighted by Crippen LogP contribution is -2.44. The van der Waals surface area contributed by atoms with Gasteiger partial charge >= 0.3 is 6.18 Å². The van der Waals surface area contributed by atoms with E-state index >= 15 is 0 Å². The van der Waals surface area contributed by atoms with Crippen LogP contribution in [0.4, 0.5) is 22.0 Å². The average Bonchev–Trinajstić information content (AvgIpc) is 3.44. The quantitative estimate of drug-likeness (QED) is 0.600. The molecule has 1 fully saturated rings.